The van der Waals surface area contributed by atoms with Crippen LogP contribution in [-0.2, 0) is 16.4 Å². The third-order valence-corrected chi connectivity index (χ3v) is 5.80. The van der Waals surface area contributed by atoms with Crippen LogP contribution >= 0.6 is 12.4 Å². The Morgan fingerprint density at radius 1 is 1.11 bits per heavy atom. The summed E-state index contributed by atoms with van der Waals surface area (Å²) in [7, 11) is -2.45. The average Bonchev–Trinajstić information content (AvgIpc) is 2.61. The van der Waals surface area contributed by atoms with Crippen molar-refractivity contribution < 1.29 is 13.3 Å². The van der Waals surface area contributed by atoms with Crippen LogP contribution in [0.4, 0.5) is 5.69 Å². The summed E-state index contributed by atoms with van der Waals surface area (Å²) < 4.78 is 26.7. The summed E-state index contributed by atoms with van der Waals surface area (Å²) in [4.78, 5) is 10.5. The minimum atomic E-state index is -3.75. The Labute approximate surface area is 165 Å². The van der Waals surface area contributed by atoms with E-state index in [1.807, 2.05) is 24.3 Å². The quantitative estimate of drug-likeness (QED) is 0.533. The van der Waals surface area contributed by atoms with Crippen molar-refractivity contribution in [3.8, 4) is 0 Å². The summed E-state index contributed by atoms with van der Waals surface area (Å²) in [6.07, 6.45) is 0.166. The Morgan fingerprint density at radius 3 is 2.15 bits per heavy atom. The number of nitrogens with one attached hydrogen (secondary N) is 1. The van der Waals surface area contributed by atoms with Gasteiger partial charge in [-0.25, -0.2) is 13.1 Å². The molecule has 0 radical (unpaired) electrons. The van der Waals surface area contributed by atoms with E-state index in [2.05, 4.69) is 18.6 Å². The van der Waals surface area contributed by atoms with E-state index in [0.717, 1.165) is 5.56 Å². The van der Waals surface area contributed by atoms with Crippen molar-refractivity contribution in [2.45, 2.75) is 37.1 Å². The molecular formula is C18H24ClN3O4S. The molecule has 0 aliphatic carbocycles. The highest BCUT2D eigenvalue weighted by molar-refractivity contribution is 7.89. The third kappa shape index (κ3) is 5.49. The molecule has 27 heavy (non-hydrogen) atoms. The van der Waals surface area contributed by atoms with E-state index >= 15 is 0 Å². The molecule has 9 heteroatoms. The summed E-state index contributed by atoms with van der Waals surface area (Å²) in [6, 6.07) is 11.0. The number of rotatable bonds is 7. The molecule has 148 valence electrons. The Kier molecular flexibility index (Phi) is 7.91. The molecule has 0 aliphatic rings. The number of sulfonamides is 1. The van der Waals surface area contributed by atoms with Crippen LogP contribution in [0.2, 0.25) is 0 Å². The highest BCUT2D eigenvalue weighted by Gasteiger charge is 2.22. The summed E-state index contributed by atoms with van der Waals surface area (Å²) in [5, 5.41) is 11.0. The summed E-state index contributed by atoms with van der Waals surface area (Å²) in [5.41, 5.74) is 8.41. The maximum Gasteiger partial charge on any atom is 0.269 e. The van der Waals surface area contributed by atoms with E-state index in [1.165, 1.54) is 30.8 Å². The van der Waals surface area contributed by atoms with Crippen LogP contribution in [0, 0.1) is 10.1 Å². The van der Waals surface area contributed by atoms with Crippen LogP contribution in [-0.4, -0.2) is 20.4 Å². The van der Waals surface area contributed by atoms with Gasteiger partial charge in [-0.05, 0) is 42.1 Å². The second kappa shape index (κ2) is 9.27. The zero-order valence-electron chi connectivity index (χ0n) is 15.4. The first-order valence-electron chi connectivity index (χ1n) is 8.22. The van der Waals surface area contributed by atoms with Crippen LogP contribution in [0.5, 0.6) is 0 Å². The fourth-order valence-corrected chi connectivity index (χ4v) is 3.65. The van der Waals surface area contributed by atoms with Crippen LogP contribution < -0.4 is 10.5 Å². The molecule has 0 saturated heterocycles. The van der Waals surface area contributed by atoms with Crippen LogP contribution in [0.1, 0.15) is 42.5 Å². The first-order chi connectivity index (χ1) is 12.2. The average molecular weight is 414 g/mol. The van der Waals surface area contributed by atoms with Gasteiger partial charge in [-0.15, -0.1) is 12.4 Å². The second-order valence-corrected chi connectivity index (χ2v) is 8.24. The number of hydrogen-bond donors (Lipinski definition) is 2. The van der Waals surface area contributed by atoms with Gasteiger partial charge in [-0.1, -0.05) is 38.1 Å². The lowest BCUT2D eigenvalue weighted by atomic mass is 9.96. The Bertz CT molecular complexity index is 899. The van der Waals surface area contributed by atoms with E-state index < -0.39 is 21.0 Å². The van der Waals surface area contributed by atoms with Crippen molar-refractivity contribution in [1.82, 2.24) is 4.72 Å². The molecule has 0 fully saturated rings. The Morgan fingerprint density at radius 2 is 1.67 bits per heavy atom. The van der Waals surface area contributed by atoms with Crippen LogP contribution in [0.3, 0.4) is 0 Å². The molecule has 0 heterocycles. The molecule has 1 atom stereocenters. The van der Waals surface area contributed by atoms with Crippen molar-refractivity contribution in [1.29, 1.82) is 0 Å². The van der Waals surface area contributed by atoms with Gasteiger partial charge in [0.05, 0.1) is 9.82 Å². The zero-order valence-corrected chi connectivity index (χ0v) is 17.0. The molecule has 2 rings (SSSR count). The molecule has 2 aromatic carbocycles. The number of nitro groups is 1. The number of halogens is 1. The van der Waals surface area contributed by atoms with Crippen molar-refractivity contribution >= 4 is 28.1 Å². The van der Waals surface area contributed by atoms with Gasteiger partial charge in [0.15, 0.2) is 0 Å². The van der Waals surface area contributed by atoms with Gasteiger partial charge in [0, 0.05) is 18.2 Å². The first kappa shape index (κ1) is 23.0. The number of nitrogens with zero attached hydrogens (tertiary/aromatic N) is 1. The maximum atomic E-state index is 12.2. The lowest BCUT2D eigenvalue weighted by Gasteiger charge is -2.16. The lowest BCUT2D eigenvalue weighted by Crippen LogP contribution is -2.22. The molecule has 7 nitrogen and oxygen atoms in total. The van der Waals surface area contributed by atoms with E-state index in [0.29, 0.717) is 11.5 Å². The maximum absolute atomic E-state index is 12.2. The molecule has 0 bridgehead atoms. The topological polar surface area (TPSA) is 115 Å². The van der Waals surface area contributed by atoms with Crippen molar-refractivity contribution in [2.24, 2.45) is 5.73 Å². The number of nitrogens with two attached hydrogens (primary N) is 1. The Balaban J connectivity index is 0.00000364. The van der Waals surface area contributed by atoms with Gasteiger partial charge in [-0.2, -0.15) is 0 Å². The van der Waals surface area contributed by atoms with Gasteiger partial charge < -0.3 is 5.73 Å². The molecule has 0 saturated carbocycles. The van der Waals surface area contributed by atoms with E-state index in [1.54, 1.807) is 0 Å². The van der Waals surface area contributed by atoms with Gasteiger partial charge in [0.1, 0.15) is 0 Å². The second-order valence-electron chi connectivity index (χ2n) is 6.39. The van der Waals surface area contributed by atoms with Gasteiger partial charge in [-0.3, -0.25) is 10.1 Å². The van der Waals surface area contributed by atoms with Gasteiger partial charge >= 0.3 is 0 Å². The summed E-state index contributed by atoms with van der Waals surface area (Å²) >= 11 is 0. The highest BCUT2D eigenvalue weighted by Crippen LogP contribution is 2.26. The Hall–Kier alpha value is -2.00. The normalized spacial score (nSPS) is 12.5. The van der Waals surface area contributed by atoms with E-state index in [9.17, 15) is 18.5 Å². The fourth-order valence-electron chi connectivity index (χ4n) is 2.69. The smallest absolute Gasteiger partial charge is 0.269 e. The largest absolute Gasteiger partial charge is 0.324 e. The fraction of sp³-hybridized carbons (Fsp3) is 0.333. The van der Waals surface area contributed by atoms with Gasteiger partial charge in [0.2, 0.25) is 10.0 Å². The SMILES string of the molecule is CNS(=O)(=O)c1ccc([N+](=O)[O-])cc1C[C@H](N)c1ccc(C(C)C)cc1.Cl. The monoisotopic (exact) mass is 413 g/mol. The highest BCUT2D eigenvalue weighted by atomic mass is 35.5. The predicted molar refractivity (Wildman–Crippen MR) is 108 cm³/mol. The third-order valence-electron chi connectivity index (χ3n) is 4.28. The predicted octanol–water partition coefficient (Wildman–Crippen LogP) is 3.29. The van der Waals surface area contributed by atoms with Gasteiger partial charge in [0.25, 0.3) is 5.69 Å². The standard InChI is InChI=1S/C18H23N3O4S.ClH/c1-12(2)13-4-6-14(7-5-13)17(19)11-15-10-16(21(22)23)8-9-18(15)26(24,25)20-3;/h4-10,12,17,20H,11,19H2,1-3H3;1H/t17-;/m0./s1. The molecule has 0 aliphatic heterocycles. The molecule has 0 unspecified atom stereocenters. The molecule has 0 spiro atoms. The van der Waals surface area contributed by atoms with E-state index in [-0.39, 0.29) is 29.4 Å². The number of benzene rings is 2. The van der Waals surface area contributed by atoms with Crippen molar-refractivity contribution in [3.05, 3.63) is 69.3 Å². The molecule has 0 aromatic heterocycles. The zero-order chi connectivity index (χ0) is 19.5. The van der Waals surface area contributed by atoms with Crippen LogP contribution in [0.25, 0.3) is 0 Å². The number of nitro benzene ring substituents is 1. The summed E-state index contributed by atoms with van der Waals surface area (Å²) in [5.74, 6) is 0.393. The number of non-ortho nitro benzene ring substituents is 1. The molecule has 0 amide bonds. The molecular weight excluding hydrogens is 390 g/mol. The van der Waals surface area contributed by atoms with Crippen molar-refractivity contribution in [2.75, 3.05) is 7.05 Å². The van der Waals surface area contributed by atoms with Crippen LogP contribution in [0.15, 0.2) is 47.4 Å². The minimum Gasteiger partial charge on any atom is -0.324 e. The summed E-state index contributed by atoms with van der Waals surface area (Å²) in [6.45, 7) is 4.18. The number of hydrogen-bond acceptors (Lipinski definition) is 5. The van der Waals surface area contributed by atoms with Crippen molar-refractivity contribution in [3.63, 3.8) is 0 Å². The minimum absolute atomic E-state index is 0. The van der Waals surface area contributed by atoms with E-state index in [4.69, 9.17) is 5.73 Å². The molecule has 3 N–H and O–H groups in total. The molecule has 2 aromatic rings. The first-order valence-corrected chi connectivity index (χ1v) is 9.70. The lowest BCUT2D eigenvalue weighted by molar-refractivity contribution is -0.385.